The largest absolute Gasteiger partial charge is 0.493 e. The third-order valence-electron chi connectivity index (χ3n) is 6.01. The molecule has 2 aromatic rings. The van der Waals surface area contributed by atoms with E-state index in [-0.39, 0.29) is 27.7 Å². The maximum atomic E-state index is 13.3. The van der Waals surface area contributed by atoms with Crippen molar-refractivity contribution in [2.45, 2.75) is 38.5 Å². The van der Waals surface area contributed by atoms with Gasteiger partial charge in [0.1, 0.15) is 10.7 Å². The van der Waals surface area contributed by atoms with Crippen molar-refractivity contribution in [3.63, 3.8) is 0 Å². The normalized spacial score (nSPS) is 17.4. The topological polar surface area (TPSA) is 64.6 Å². The predicted molar refractivity (Wildman–Crippen MR) is 117 cm³/mol. The zero-order valence-electron chi connectivity index (χ0n) is 17.5. The molecule has 0 radical (unpaired) electrons. The van der Waals surface area contributed by atoms with Crippen molar-refractivity contribution in [3.05, 3.63) is 63.3 Å². The summed E-state index contributed by atoms with van der Waals surface area (Å²) >= 11 is 6.38. The van der Waals surface area contributed by atoms with E-state index in [0.29, 0.717) is 28.3 Å². The third-order valence-corrected chi connectivity index (χ3v) is 6.37. The molecular formula is C24H24ClNO4. The molecule has 30 heavy (non-hydrogen) atoms. The van der Waals surface area contributed by atoms with Crippen LogP contribution in [0.1, 0.15) is 58.5 Å². The smallest absolute Gasteiger partial charge is 0.211 e. The monoisotopic (exact) mass is 425 g/mol. The number of allylic oxidation sites excluding steroid dienone is 2. The minimum absolute atomic E-state index is 0.0275. The van der Waals surface area contributed by atoms with Crippen LogP contribution >= 0.6 is 11.6 Å². The zero-order chi connectivity index (χ0) is 21.6. The van der Waals surface area contributed by atoms with Gasteiger partial charge in [-0.3, -0.25) is 9.59 Å². The number of hydrogen-bond donors (Lipinski definition) is 1. The van der Waals surface area contributed by atoms with Crippen molar-refractivity contribution >= 4 is 28.9 Å². The van der Waals surface area contributed by atoms with Gasteiger partial charge < -0.3 is 14.8 Å². The molecule has 2 aromatic carbocycles. The van der Waals surface area contributed by atoms with Crippen LogP contribution in [-0.4, -0.2) is 25.8 Å². The molecule has 0 amide bonds. The number of nitrogens with one attached hydrogen (secondary N) is 1. The van der Waals surface area contributed by atoms with E-state index in [1.807, 2.05) is 12.1 Å². The minimum atomic E-state index is -0.335. The molecule has 0 aromatic heterocycles. The number of fused-ring (bicyclic) bond motifs is 2. The molecule has 0 bridgehead atoms. The highest BCUT2D eigenvalue weighted by Crippen LogP contribution is 2.41. The second-order valence-corrected chi connectivity index (χ2v) is 8.71. The Kier molecular flexibility index (Phi) is 5.10. The number of aryl methyl sites for hydroxylation is 1. The van der Waals surface area contributed by atoms with E-state index in [0.717, 1.165) is 30.4 Å². The van der Waals surface area contributed by atoms with Gasteiger partial charge in [0.2, 0.25) is 11.6 Å². The van der Waals surface area contributed by atoms with E-state index in [1.54, 1.807) is 25.3 Å². The van der Waals surface area contributed by atoms with Gasteiger partial charge in [-0.25, -0.2) is 0 Å². The molecule has 1 N–H and O–H groups in total. The summed E-state index contributed by atoms with van der Waals surface area (Å²) in [6.07, 6.45) is 3.02. The number of halogens is 1. The maximum Gasteiger partial charge on any atom is 0.211 e. The minimum Gasteiger partial charge on any atom is -0.493 e. The number of anilines is 1. The number of carbonyl (C=O) groups is 2. The van der Waals surface area contributed by atoms with E-state index < -0.39 is 0 Å². The number of carbonyl (C=O) groups excluding carboxylic acids is 2. The Balaban J connectivity index is 1.75. The molecule has 0 saturated heterocycles. The number of methoxy groups -OCH3 is 2. The molecular weight excluding hydrogens is 402 g/mol. The summed E-state index contributed by atoms with van der Waals surface area (Å²) in [5.41, 5.74) is 3.69. The van der Waals surface area contributed by atoms with E-state index in [1.165, 1.54) is 7.11 Å². The summed E-state index contributed by atoms with van der Waals surface area (Å²) < 4.78 is 10.6. The number of ketones is 2. The van der Waals surface area contributed by atoms with E-state index >= 15 is 0 Å². The summed E-state index contributed by atoms with van der Waals surface area (Å²) in [7, 11) is 3.08. The van der Waals surface area contributed by atoms with Gasteiger partial charge in [0, 0.05) is 22.9 Å². The van der Waals surface area contributed by atoms with Crippen LogP contribution < -0.4 is 14.8 Å². The number of hydrogen-bond acceptors (Lipinski definition) is 5. The lowest BCUT2D eigenvalue weighted by Crippen LogP contribution is -2.29. The molecule has 5 nitrogen and oxygen atoms in total. The van der Waals surface area contributed by atoms with Crippen LogP contribution in [0.5, 0.6) is 11.5 Å². The summed E-state index contributed by atoms with van der Waals surface area (Å²) in [4.78, 5) is 26.3. The highest BCUT2D eigenvalue weighted by atomic mass is 35.5. The van der Waals surface area contributed by atoms with Gasteiger partial charge in [-0.05, 0) is 60.1 Å². The van der Waals surface area contributed by atoms with Crippen molar-refractivity contribution in [1.82, 2.24) is 0 Å². The van der Waals surface area contributed by atoms with Crippen molar-refractivity contribution < 1.29 is 19.1 Å². The average Bonchev–Trinajstić information content (AvgIpc) is 2.74. The number of rotatable bonds is 4. The SMILES string of the molecule is COc1ccc(NC2=C(Cl)C(=O)c3cc4c(cc3C2=O)CCCC4(C)C)cc1OC. The Morgan fingerprint density at radius 1 is 0.967 bits per heavy atom. The van der Waals surface area contributed by atoms with Gasteiger partial charge in [0.15, 0.2) is 11.5 Å². The van der Waals surface area contributed by atoms with Gasteiger partial charge in [-0.2, -0.15) is 0 Å². The molecule has 2 aliphatic carbocycles. The first kappa shape index (κ1) is 20.5. The van der Waals surface area contributed by atoms with Gasteiger partial charge in [0.25, 0.3) is 0 Å². The van der Waals surface area contributed by atoms with Crippen LogP contribution in [0.4, 0.5) is 5.69 Å². The Hall–Kier alpha value is -2.79. The molecule has 0 spiro atoms. The summed E-state index contributed by atoms with van der Waals surface area (Å²) in [5.74, 6) is 0.452. The van der Waals surface area contributed by atoms with Crippen molar-refractivity contribution in [1.29, 1.82) is 0 Å². The van der Waals surface area contributed by atoms with Gasteiger partial charge >= 0.3 is 0 Å². The van der Waals surface area contributed by atoms with Crippen LogP contribution in [0.15, 0.2) is 41.1 Å². The van der Waals surface area contributed by atoms with Crippen molar-refractivity contribution in [3.8, 4) is 11.5 Å². The van der Waals surface area contributed by atoms with Crippen LogP contribution in [-0.2, 0) is 11.8 Å². The standard InChI is InChI=1S/C24H24ClNO4/c1-24(2)9-5-6-13-10-15-16(12-17(13)24)22(27)20(25)21(23(15)28)26-14-7-8-18(29-3)19(11-14)30-4/h7-8,10-12,26H,5-6,9H2,1-4H3. The summed E-state index contributed by atoms with van der Waals surface area (Å²) in [6, 6.07) is 8.90. The first-order chi connectivity index (χ1) is 14.3. The van der Waals surface area contributed by atoms with E-state index in [9.17, 15) is 9.59 Å². The van der Waals surface area contributed by atoms with Crippen LogP contribution in [0, 0.1) is 0 Å². The highest BCUT2D eigenvalue weighted by Gasteiger charge is 2.36. The lowest BCUT2D eigenvalue weighted by atomic mass is 9.71. The Morgan fingerprint density at radius 2 is 1.67 bits per heavy atom. The number of ether oxygens (including phenoxy) is 2. The van der Waals surface area contributed by atoms with E-state index in [2.05, 4.69) is 19.2 Å². The third kappa shape index (κ3) is 3.27. The quantitative estimate of drug-likeness (QED) is 0.723. The second-order valence-electron chi connectivity index (χ2n) is 8.33. The highest BCUT2D eigenvalue weighted by molar-refractivity contribution is 6.50. The van der Waals surface area contributed by atoms with E-state index in [4.69, 9.17) is 21.1 Å². The summed E-state index contributed by atoms with van der Waals surface area (Å²) in [6.45, 7) is 4.35. The second kappa shape index (κ2) is 7.47. The predicted octanol–water partition coefficient (Wildman–Crippen LogP) is 5.26. The van der Waals surface area contributed by atoms with Crippen LogP contribution in [0.25, 0.3) is 0 Å². The summed E-state index contributed by atoms with van der Waals surface area (Å²) in [5, 5.41) is 2.91. The number of benzene rings is 2. The van der Waals surface area contributed by atoms with Crippen molar-refractivity contribution in [2.75, 3.05) is 19.5 Å². The first-order valence-electron chi connectivity index (χ1n) is 9.92. The molecule has 0 unspecified atom stereocenters. The van der Waals surface area contributed by atoms with Crippen molar-refractivity contribution in [2.24, 2.45) is 0 Å². The Bertz CT molecular complexity index is 1100. The number of Topliss-reactive ketones (excluding diaryl/α,β-unsaturated/α-hetero) is 2. The Labute approximate surface area is 181 Å². The van der Waals surface area contributed by atoms with Gasteiger partial charge in [-0.15, -0.1) is 0 Å². The first-order valence-corrected chi connectivity index (χ1v) is 10.3. The molecule has 0 saturated carbocycles. The molecule has 0 aliphatic heterocycles. The lowest BCUT2D eigenvalue weighted by Gasteiger charge is -2.34. The Morgan fingerprint density at radius 3 is 2.37 bits per heavy atom. The lowest BCUT2D eigenvalue weighted by molar-refractivity contribution is 0.0981. The fourth-order valence-electron chi connectivity index (χ4n) is 4.35. The zero-order valence-corrected chi connectivity index (χ0v) is 18.3. The average molecular weight is 426 g/mol. The molecule has 156 valence electrons. The van der Waals surface area contributed by atoms with Crippen LogP contribution in [0.2, 0.25) is 0 Å². The molecule has 0 fully saturated rings. The molecule has 0 heterocycles. The van der Waals surface area contributed by atoms with Gasteiger partial charge in [0.05, 0.1) is 14.2 Å². The molecule has 6 heteroatoms. The van der Waals surface area contributed by atoms with Gasteiger partial charge in [-0.1, -0.05) is 25.4 Å². The fourth-order valence-corrected chi connectivity index (χ4v) is 4.58. The van der Waals surface area contributed by atoms with Crippen LogP contribution in [0.3, 0.4) is 0 Å². The molecule has 0 atom stereocenters. The fraction of sp³-hybridized carbons (Fsp3) is 0.333. The molecule has 4 rings (SSSR count). The molecule has 2 aliphatic rings. The maximum absolute atomic E-state index is 13.3.